The van der Waals surface area contributed by atoms with Gasteiger partial charge in [0.25, 0.3) is 0 Å². The number of nitrogens with zero attached hydrogens (tertiary/aromatic N) is 3. The molecule has 0 aliphatic rings. The topological polar surface area (TPSA) is 47.8 Å². The Hall–Kier alpha value is -3.05. The summed E-state index contributed by atoms with van der Waals surface area (Å²) >= 11 is 3.40. The van der Waals surface area contributed by atoms with E-state index in [9.17, 15) is 4.79 Å². The molecule has 27 heavy (non-hydrogen) atoms. The second-order valence-electron chi connectivity index (χ2n) is 6.10. The van der Waals surface area contributed by atoms with Gasteiger partial charge in [-0.3, -0.25) is 9.36 Å². The highest BCUT2D eigenvalue weighted by molar-refractivity contribution is 9.10. The van der Waals surface area contributed by atoms with E-state index in [2.05, 4.69) is 26.1 Å². The van der Waals surface area contributed by atoms with Crippen LogP contribution in [0.3, 0.4) is 0 Å². The first-order chi connectivity index (χ1) is 13.2. The Kier molecular flexibility index (Phi) is 4.94. The molecule has 0 fully saturated rings. The van der Waals surface area contributed by atoms with Crippen LogP contribution < -0.4 is 0 Å². The van der Waals surface area contributed by atoms with Crippen LogP contribution in [0.5, 0.6) is 0 Å². The van der Waals surface area contributed by atoms with E-state index in [1.807, 2.05) is 89.5 Å². The zero-order chi connectivity index (χ0) is 18.6. The van der Waals surface area contributed by atoms with Gasteiger partial charge in [0.2, 0.25) is 0 Å². The van der Waals surface area contributed by atoms with E-state index >= 15 is 0 Å². The van der Waals surface area contributed by atoms with Crippen molar-refractivity contribution in [1.82, 2.24) is 14.8 Å². The molecule has 5 heteroatoms. The van der Waals surface area contributed by atoms with Crippen LogP contribution in [-0.2, 0) is 6.54 Å². The molecule has 132 valence electrons. The maximum Gasteiger partial charge on any atom is 0.182 e. The Morgan fingerprint density at radius 1 is 0.741 bits per heavy atom. The van der Waals surface area contributed by atoms with Crippen molar-refractivity contribution in [3.8, 4) is 22.8 Å². The number of rotatable bonds is 5. The van der Waals surface area contributed by atoms with E-state index in [-0.39, 0.29) is 12.3 Å². The van der Waals surface area contributed by atoms with Crippen molar-refractivity contribution < 1.29 is 4.79 Å². The normalized spacial score (nSPS) is 10.7. The number of halogens is 1. The van der Waals surface area contributed by atoms with Crippen molar-refractivity contribution in [3.05, 3.63) is 95.0 Å². The summed E-state index contributed by atoms with van der Waals surface area (Å²) in [5.41, 5.74) is 2.51. The standard InChI is InChI=1S/C22H16BrN3O/c23-19-13-11-16(12-14-19)20(27)15-26-21(17-7-3-1-4-8-17)24-25-22(26)18-9-5-2-6-10-18/h1-14H,15H2. The van der Waals surface area contributed by atoms with Crippen LogP contribution in [0.2, 0.25) is 0 Å². The minimum Gasteiger partial charge on any atom is -0.299 e. The molecule has 0 saturated carbocycles. The SMILES string of the molecule is O=C(Cn1c(-c2ccccc2)nnc1-c1ccccc1)c1ccc(Br)cc1. The fraction of sp³-hybridized carbons (Fsp3) is 0.0455. The molecule has 0 N–H and O–H groups in total. The molecule has 0 aliphatic heterocycles. The van der Waals surface area contributed by atoms with E-state index < -0.39 is 0 Å². The van der Waals surface area contributed by atoms with E-state index in [4.69, 9.17) is 0 Å². The summed E-state index contributed by atoms with van der Waals surface area (Å²) in [7, 11) is 0. The summed E-state index contributed by atoms with van der Waals surface area (Å²) in [6.07, 6.45) is 0. The second-order valence-corrected chi connectivity index (χ2v) is 7.01. The molecule has 0 saturated heterocycles. The molecule has 4 rings (SSSR count). The number of ketones is 1. The molecular weight excluding hydrogens is 402 g/mol. The summed E-state index contributed by atoms with van der Waals surface area (Å²) in [5.74, 6) is 1.37. The van der Waals surface area contributed by atoms with Gasteiger partial charge in [-0.05, 0) is 12.1 Å². The number of hydrogen-bond donors (Lipinski definition) is 0. The highest BCUT2D eigenvalue weighted by Crippen LogP contribution is 2.25. The smallest absolute Gasteiger partial charge is 0.182 e. The van der Waals surface area contributed by atoms with Gasteiger partial charge in [-0.2, -0.15) is 0 Å². The Morgan fingerprint density at radius 3 is 1.70 bits per heavy atom. The first-order valence-electron chi connectivity index (χ1n) is 8.55. The zero-order valence-corrected chi connectivity index (χ0v) is 16.0. The molecule has 4 aromatic rings. The van der Waals surface area contributed by atoms with Crippen LogP contribution in [0.1, 0.15) is 10.4 Å². The average Bonchev–Trinajstić information content (AvgIpc) is 3.13. The lowest BCUT2D eigenvalue weighted by Crippen LogP contribution is -2.13. The highest BCUT2D eigenvalue weighted by atomic mass is 79.9. The predicted molar refractivity (Wildman–Crippen MR) is 109 cm³/mol. The van der Waals surface area contributed by atoms with Gasteiger partial charge in [0.1, 0.15) is 0 Å². The molecule has 0 bridgehead atoms. The zero-order valence-electron chi connectivity index (χ0n) is 14.4. The lowest BCUT2D eigenvalue weighted by atomic mass is 10.1. The van der Waals surface area contributed by atoms with Gasteiger partial charge in [-0.1, -0.05) is 88.7 Å². The molecular formula is C22H16BrN3O. The van der Waals surface area contributed by atoms with Gasteiger partial charge in [0.05, 0.1) is 6.54 Å². The van der Waals surface area contributed by atoms with Crippen molar-refractivity contribution >= 4 is 21.7 Å². The number of benzene rings is 3. The summed E-state index contributed by atoms with van der Waals surface area (Å²) in [6, 6.07) is 27.0. The fourth-order valence-electron chi connectivity index (χ4n) is 2.93. The minimum atomic E-state index is 0.0108. The van der Waals surface area contributed by atoms with E-state index in [0.29, 0.717) is 17.2 Å². The Labute approximate surface area is 165 Å². The summed E-state index contributed by atoms with van der Waals surface area (Å²) in [4.78, 5) is 12.9. The van der Waals surface area contributed by atoms with E-state index in [1.165, 1.54) is 0 Å². The third kappa shape index (κ3) is 3.73. The van der Waals surface area contributed by atoms with Crippen LogP contribution in [-0.4, -0.2) is 20.5 Å². The van der Waals surface area contributed by atoms with Gasteiger partial charge in [0.15, 0.2) is 17.4 Å². The number of Topliss-reactive ketones (excluding diaryl/α,β-unsaturated/α-hetero) is 1. The summed E-state index contributed by atoms with van der Waals surface area (Å²) < 4.78 is 2.83. The molecule has 0 radical (unpaired) electrons. The monoisotopic (exact) mass is 417 g/mol. The molecule has 0 amide bonds. The first-order valence-corrected chi connectivity index (χ1v) is 9.34. The average molecular weight is 418 g/mol. The maximum absolute atomic E-state index is 12.9. The molecule has 0 spiro atoms. The van der Waals surface area contributed by atoms with Crippen LogP contribution >= 0.6 is 15.9 Å². The summed E-state index contributed by atoms with van der Waals surface area (Å²) in [6.45, 7) is 0.170. The molecule has 4 nitrogen and oxygen atoms in total. The number of aromatic nitrogens is 3. The van der Waals surface area contributed by atoms with Crippen LogP contribution in [0.4, 0.5) is 0 Å². The lowest BCUT2D eigenvalue weighted by molar-refractivity contribution is 0.0973. The van der Waals surface area contributed by atoms with Gasteiger partial charge >= 0.3 is 0 Å². The number of carbonyl (C=O) groups is 1. The third-order valence-electron chi connectivity index (χ3n) is 4.28. The van der Waals surface area contributed by atoms with Crippen LogP contribution in [0.25, 0.3) is 22.8 Å². The van der Waals surface area contributed by atoms with Gasteiger partial charge < -0.3 is 0 Å². The van der Waals surface area contributed by atoms with Gasteiger partial charge in [-0.25, -0.2) is 0 Å². The molecule has 3 aromatic carbocycles. The number of hydrogen-bond acceptors (Lipinski definition) is 3. The quantitative estimate of drug-likeness (QED) is 0.416. The minimum absolute atomic E-state index is 0.0108. The number of carbonyl (C=O) groups excluding carboxylic acids is 1. The van der Waals surface area contributed by atoms with Crippen molar-refractivity contribution in [2.75, 3.05) is 0 Å². The summed E-state index contributed by atoms with van der Waals surface area (Å²) in [5, 5.41) is 8.75. The predicted octanol–water partition coefficient (Wildman–Crippen LogP) is 5.26. The van der Waals surface area contributed by atoms with Crippen LogP contribution in [0, 0.1) is 0 Å². The first kappa shape index (κ1) is 17.4. The van der Waals surface area contributed by atoms with Crippen molar-refractivity contribution in [3.63, 3.8) is 0 Å². The third-order valence-corrected chi connectivity index (χ3v) is 4.81. The molecule has 0 unspecified atom stereocenters. The lowest BCUT2D eigenvalue weighted by Gasteiger charge is -2.10. The molecule has 0 atom stereocenters. The second kappa shape index (κ2) is 7.68. The Balaban J connectivity index is 1.78. The molecule has 1 heterocycles. The molecule has 0 aliphatic carbocycles. The fourth-order valence-corrected chi connectivity index (χ4v) is 3.19. The molecule has 1 aromatic heterocycles. The highest BCUT2D eigenvalue weighted by Gasteiger charge is 2.18. The van der Waals surface area contributed by atoms with Crippen LogP contribution in [0.15, 0.2) is 89.4 Å². The van der Waals surface area contributed by atoms with E-state index in [0.717, 1.165) is 15.6 Å². The van der Waals surface area contributed by atoms with E-state index in [1.54, 1.807) is 0 Å². The van der Waals surface area contributed by atoms with Crippen molar-refractivity contribution in [2.24, 2.45) is 0 Å². The largest absolute Gasteiger partial charge is 0.299 e. The van der Waals surface area contributed by atoms with Crippen molar-refractivity contribution in [1.29, 1.82) is 0 Å². The Morgan fingerprint density at radius 2 is 1.22 bits per heavy atom. The maximum atomic E-state index is 12.9. The van der Waals surface area contributed by atoms with Gasteiger partial charge in [-0.15, -0.1) is 10.2 Å². The van der Waals surface area contributed by atoms with Crippen molar-refractivity contribution in [2.45, 2.75) is 6.54 Å². The Bertz CT molecular complexity index is 1000. The van der Waals surface area contributed by atoms with Gasteiger partial charge in [0, 0.05) is 21.2 Å².